The minimum Gasteiger partial charge on any atom is -0.497 e. The first-order valence-corrected chi connectivity index (χ1v) is 20.2. The number of aliphatic hydroxyl groups is 1. The molecule has 1 saturated heterocycles. The molecule has 59 heavy (non-hydrogen) atoms. The SMILES string of the molecule is CCC(C)C(C(=O)NC(Cc1ccccc1)C(O)CN(Cc1ccc(OC)cc1)NC(=O)CC(C)(C)CNC(=O)OC)C1CNC(=O)N1Cc1cccc2cccnc12. The largest absolute Gasteiger partial charge is 0.497 e. The summed E-state index contributed by atoms with van der Waals surface area (Å²) in [6.07, 6.45) is 1.06. The van der Waals surface area contributed by atoms with E-state index in [-0.39, 0.29) is 56.4 Å². The molecule has 1 aromatic heterocycles. The number of alkyl carbamates (subject to hydrolysis) is 1. The Bertz CT molecular complexity index is 2010. The predicted octanol–water partition coefficient (Wildman–Crippen LogP) is 5.19. The number of ether oxygens (including phenoxy) is 2. The molecule has 4 aromatic rings. The summed E-state index contributed by atoms with van der Waals surface area (Å²) in [4.78, 5) is 59.8. The first-order chi connectivity index (χ1) is 28.3. The number of aliphatic hydroxyl groups excluding tert-OH is 1. The standard InChI is InChI=1S/C45H59N7O7/c1-7-30(2)40(37-25-47-43(56)52(37)27-34-16-11-15-33-17-12-22-46-41(33)34)42(55)49-36(23-31-13-9-8-10-14-31)38(53)28-51(26-32-18-20-35(58-5)21-19-32)50-39(54)24-45(3,4)29-48-44(57)59-6/h8-22,30,36-38,40,53H,7,23-29H2,1-6H3,(H,47,56)(H,48,57)(H,49,55)(H,50,54). The van der Waals surface area contributed by atoms with E-state index in [4.69, 9.17) is 9.47 Å². The van der Waals surface area contributed by atoms with Crippen LogP contribution >= 0.6 is 0 Å². The molecule has 1 aliphatic heterocycles. The molecule has 5 unspecified atom stereocenters. The number of carbonyl (C=O) groups is 4. The molecular formula is C45H59N7O7. The zero-order valence-corrected chi connectivity index (χ0v) is 34.9. The molecule has 316 valence electrons. The van der Waals surface area contributed by atoms with Crippen molar-refractivity contribution in [2.75, 3.05) is 33.9 Å². The Morgan fingerprint density at radius 3 is 2.42 bits per heavy atom. The van der Waals surface area contributed by atoms with E-state index in [1.165, 1.54) is 7.11 Å². The van der Waals surface area contributed by atoms with Gasteiger partial charge in [0.05, 0.1) is 43.8 Å². The monoisotopic (exact) mass is 809 g/mol. The van der Waals surface area contributed by atoms with Crippen molar-refractivity contribution in [2.24, 2.45) is 17.3 Å². The smallest absolute Gasteiger partial charge is 0.406 e. The van der Waals surface area contributed by atoms with E-state index >= 15 is 0 Å². The van der Waals surface area contributed by atoms with Crippen LogP contribution in [0.25, 0.3) is 10.9 Å². The third kappa shape index (κ3) is 12.4. The summed E-state index contributed by atoms with van der Waals surface area (Å²) in [5.41, 5.74) is 5.81. The van der Waals surface area contributed by atoms with Gasteiger partial charge >= 0.3 is 12.1 Å². The number of methoxy groups -OCH3 is 2. The van der Waals surface area contributed by atoms with E-state index in [1.54, 1.807) is 23.2 Å². The number of nitrogens with one attached hydrogen (secondary N) is 4. The summed E-state index contributed by atoms with van der Waals surface area (Å²) in [5.74, 6) is -0.631. The Morgan fingerprint density at radius 1 is 1.00 bits per heavy atom. The van der Waals surface area contributed by atoms with Crippen LogP contribution in [-0.2, 0) is 33.8 Å². The zero-order valence-electron chi connectivity index (χ0n) is 34.9. The van der Waals surface area contributed by atoms with Crippen molar-refractivity contribution in [3.63, 3.8) is 0 Å². The highest BCUT2D eigenvalue weighted by Gasteiger charge is 2.43. The summed E-state index contributed by atoms with van der Waals surface area (Å²) in [7, 11) is 2.87. The van der Waals surface area contributed by atoms with E-state index in [9.17, 15) is 24.3 Å². The fraction of sp³-hybridized carbons (Fsp3) is 0.444. The second-order valence-electron chi connectivity index (χ2n) is 16.1. The van der Waals surface area contributed by atoms with Crippen molar-refractivity contribution >= 4 is 34.8 Å². The number of hydrogen-bond acceptors (Lipinski definition) is 9. The fourth-order valence-electron chi connectivity index (χ4n) is 7.59. The first-order valence-electron chi connectivity index (χ1n) is 20.2. The summed E-state index contributed by atoms with van der Waals surface area (Å²) in [6, 6.07) is 25.3. The maximum absolute atomic E-state index is 14.7. The van der Waals surface area contributed by atoms with Crippen LogP contribution in [0.2, 0.25) is 0 Å². The minimum absolute atomic E-state index is 0.0337. The van der Waals surface area contributed by atoms with Crippen molar-refractivity contribution in [2.45, 2.75) is 78.2 Å². The second-order valence-corrected chi connectivity index (χ2v) is 16.1. The highest BCUT2D eigenvalue weighted by Crippen LogP contribution is 2.29. The average molecular weight is 810 g/mol. The molecule has 1 aliphatic rings. The molecule has 0 bridgehead atoms. The molecule has 5 amide bonds. The van der Waals surface area contributed by atoms with Crippen LogP contribution in [0.15, 0.2) is 91.1 Å². The van der Waals surface area contributed by atoms with Crippen LogP contribution in [0.3, 0.4) is 0 Å². The number of nitrogens with zero attached hydrogens (tertiary/aromatic N) is 3. The van der Waals surface area contributed by atoms with Gasteiger partial charge in [0.2, 0.25) is 11.8 Å². The van der Waals surface area contributed by atoms with E-state index < -0.39 is 35.6 Å². The molecule has 5 atom stereocenters. The molecule has 5 N–H and O–H groups in total. The van der Waals surface area contributed by atoms with Crippen LogP contribution in [0.5, 0.6) is 5.75 Å². The van der Waals surface area contributed by atoms with E-state index in [1.807, 2.05) is 113 Å². The van der Waals surface area contributed by atoms with Gasteiger partial charge in [0.25, 0.3) is 0 Å². The van der Waals surface area contributed by atoms with E-state index in [0.29, 0.717) is 25.1 Å². The molecule has 0 spiro atoms. The number of amides is 5. The van der Waals surface area contributed by atoms with Crippen LogP contribution in [0.1, 0.15) is 57.2 Å². The van der Waals surface area contributed by atoms with Gasteiger partial charge in [-0.1, -0.05) is 101 Å². The van der Waals surface area contributed by atoms with E-state index in [2.05, 4.69) is 26.4 Å². The van der Waals surface area contributed by atoms with Gasteiger partial charge in [-0.25, -0.2) is 14.6 Å². The van der Waals surface area contributed by atoms with Crippen molar-refractivity contribution < 1.29 is 33.8 Å². The minimum atomic E-state index is -1.15. The molecular weight excluding hydrogens is 751 g/mol. The number of pyridine rings is 1. The molecule has 2 heterocycles. The molecule has 0 radical (unpaired) electrons. The lowest BCUT2D eigenvalue weighted by Crippen LogP contribution is -2.56. The summed E-state index contributed by atoms with van der Waals surface area (Å²) in [6.45, 7) is 8.73. The molecule has 14 nitrogen and oxygen atoms in total. The number of carbonyl (C=O) groups excluding carboxylic acids is 4. The van der Waals surface area contributed by atoms with Gasteiger partial charge in [-0.3, -0.25) is 20.0 Å². The number of urea groups is 1. The van der Waals surface area contributed by atoms with Gasteiger partial charge in [-0.2, -0.15) is 0 Å². The van der Waals surface area contributed by atoms with Crippen LogP contribution in [-0.4, -0.2) is 96.0 Å². The van der Waals surface area contributed by atoms with Gasteiger partial charge in [0, 0.05) is 50.7 Å². The third-order valence-electron chi connectivity index (χ3n) is 11.0. The summed E-state index contributed by atoms with van der Waals surface area (Å²) >= 11 is 0. The molecule has 3 aromatic carbocycles. The maximum Gasteiger partial charge on any atom is 0.406 e. The number of benzene rings is 3. The van der Waals surface area contributed by atoms with Gasteiger partial charge in [0.1, 0.15) is 5.75 Å². The van der Waals surface area contributed by atoms with Crippen molar-refractivity contribution in [1.82, 2.24) is 36.3 Å². The van der Waals surface area contributed by atoms with Gasteiger partial charge < -0.3 is 35.4 Å². The Labute approximate surface area is 347 Å². The number of aromatic nitrogens is 1. The Kier molecular flexibility index (Phi) is 15.6. The van der Waals surface area contributed by atoms with Gasteiger partial charge in [-0.05, 0) is 52.6 Å². The predicted molar refractivity (Wildman–Crippen MR) is 226 cm³/mol. The average Bonchev–Trinajstić information content (AvgIpc) is 3.58. The summed E-state index contributed by atoms with van der Waals surface area (Å²) < 4.78 is 10.0. The van der Waals surface area contributed by atoms with Crippen LogP contribution in [0, 0.1) is 17.3 Å². The number of para-hydroxylation sites is 1. The van der Waals surface area contributed by atoms with Gasteiger partial charge in [-0.15, -0.1) is 0 Å². The van der Waals surface area contributed by atoms with Gasteiger partial charge in [0.15, 0.2) is 0 Å². The van der Waals surface area contributed by atoms with E-state index in [0.717, 1.165) is 27.6 Å². The number of rotatable bonds is 20. The highest BCUT2D eigenvalue weighted by atomic mass is 16.5. The van der Waals surface area contributed by atoms with Crippen LogP contribution < -0.4 is 26.1 Å². The lowest BCUT2D eigenvalue weighted by molar-refractivity contribution is -0.132. The topological polar surface area (TPSA) is 174 Å². The number of hydrazine groups is 1. The molecule has 14 heteroatoms. The normalized spacial score (nSPS) is 16.2. The van der Waals surface area contributed by atoms with Crippen molar-refractivity contribution in [3.05, 3.63) is 108 Å². The second kappa shape index (κ2) is 20.8. The molecule has 1 fully saturated rings. The molecule has 0 aliphatic carbocycles. The first kappa shape index (κ1) is 44.4. The highest BCUT2D eigenvalue weighted by molar-refractivity contribution is 5.85. The van der Waals surface area contributed by atoms with Crippen LogP contribution in [0.4, 0.5) is 9.59 Å². The molecule has 0 saturated carbocycles. The molecule has 5 rings (SSSR count). The Balaban J connectivity index is 1.39. The van der Waals surface area contributed by atoms with Crippen molar-refractivity contribution in [1.29, 1.82) is 0 Å². The lowest BCUT2D eigenvalue weighted by atomic mass is 9.83. The quantitative estimate of drug-likeness (QED) is 0.0753. The Hall–Kier alpha value is -5.73. The maximum atomic E-state index is 14.7. The summed E-state index contributed by atoms with van der Waals surface area (Å²) in [5, 5.41) is 23.6. The third-order valence-corrected chi connectivity index (χ3v) is 11.0. The number of hydrogen-bond donors (Lipinski definition) is 5. The lowest BCUT2D eigenvalue weighted by Gasteiger charge is -2.36. The fourth-order valence-corrected chi connectivity index (χ4v) is 7.59. The van der Waals surface area contributed by atoms with Crippen molar-refractivity contribution in [3.8, 4) is 5.75 Å². The number of fused-ring (bicyclic) bond motifs is 1. The Morgan fingerprint density at radius 2 is 1.73 bits per heavy atom. The zero-order chi connectivity index (χ0) is 42.5.